The van der Waals surface area contributed by atoms with Crippen molar-refractivity contribution in [1.29, 1.82) is 0 Å². The molecule has 1 aromatic heterocycles. The number of nitrogens with one attached hydrogen (secondary N) is 1. The van der Waals surface area contributed by atoms with Gasteiger partial charge in [0, 0.05) is 0 Å². The van der Waals surface area contributed by atoms with Crippen LogP contribution >= 0.6 is 0 Å². The average molecular weight is 255 g/mol. The van der Waals surface area contributed by atoms with Crippen LogP contribution in [-0.2, 0) is 12.6 Å². The number of nitrogens with two attached hydrogens (primary N) is 1. The van der Waals surface area contributed by atoms with E-state index in [0.29, 0.717) is 6.42 Å². The fourth-order valence-corrected chi connectivity index (χ4v) is 1.63. The largest absolute Gasteiger partial charge is 0.432 e. The molecule has 0 spiro atoms. The molecule has 0 aliphatic rings. The summed E-state index contributed by atoms with van der Waals surface area (Å²) in [5.74, 6) is 0.145. The van der Waals surface area contributed by atoms with Crippen molar-refractivity contribution in [3.05, 3.63) is 53.6 Å². The minimum absolute atomic E-state index is 0.145. The molecule has 0 amide bonds. The van der Waals surface area contributed by atoms with Crippen molar-refractivity contribution in [3.8, 4) is 0 Å². The van der Waals surface area contributed by atoms with E-state index in [9.17, 15) is 13.2 Å². The van der Waals surface area contributed by atoms with Gasteiger partial charge in [-0.15, -0.1) is 0 Å². The second kappa shape index (κ2) is 4.81. The molecular formula is C12H12F3N3. The zero-order chi connectivity index (χ0) is 13.2. The molecule has 0 radical (unpaired) electrons. The Morgan fingerprint density at radius 1 is 1.22 bits per heavy atom. The molecule has 0 fully saturated rings. The fourth-order valence-electron chi connectivity index (χ4n) is 1.63. The highest BCUT2D eigenvalue weighted by atomic mass is 19.4. The summed E-state index contributed by atoms with van der Waals surface area (Å²) in [7, 11) is 0. The maximum absolute atomic E-state index is 12.4. The maximum Gasteiger partial charge on any atom is 0.432 e. The number of imidazole rings is 1. The van der Waals surface area contributed by atoms with E-state index in [2.05, 4.69) is 9.97 Å². The normalized spacial score (nSPS) is 13.6. The number of alkyl halides is 3. The number of aromatic nitrogens is 2. The number of H-pyrrole nitrogens is 1. The van der Waals surface area contributed by atoms with Gasteiger partial charge < -0.3 is 10.7 Å². The van der Waals surface area contributed by atoms with Gasteiger partial charge in [0.2, 0.25) is 0 Å². The highest BCUT2D eigenvalue weighted by molar-refractivity contribution is 5.18. The molecule has 96 valence electrons. The van der Waals surface area contributed by atoms with Gasteiger partial charge in [0.05, 0.1) is 12.2 Å². The van der Waals surface area contributed by atoms with Crippen LogP contribution in [0.3, 0.4) is 0 Å². The summed E-state index contributed by atoms with van der Waals surface area (Å²) in [4.78, 5) is 5.89. The van der Waals surface area contributed by atoms with Crippen LogP contribution in [-0.4, -0.2) is 9.97 Å². The Hall–Kier alpha value is -1.82. The number of hydrogen-bond acceptors (Lipinski definition) is 2. The molecule has 3 nitrogen and oxygen atoms in total. The lowest BCUT2D eigenvalue weighted by atomic mass is 10.1. The summed E-state index contributed by atoms with van der Waals surface area (Å²) in [6.07, 6.45) is -3.22. The number of nitrogens with zero attached hydrogens (tertiary/aromatic N) is 1. The Bertz CT molecular complexity index is 505. The highest BCUT2D eigenvalue weighted by Gasteiger charge is 2.33. The van der Waals surface area contributed by atoms with Gasteiger partial charge in [-0.25, -0.2) is 4.98 Å². The second-order valence-electron chi connectivity index (χ2n) is 3.98. The zero-order valence-corrected chi connectivity index (χ0v) is 9.41. The van der Waals surface area contributed by atoms with Crippen molar-refractivity contribution < 1.29 is 13.2 Å². The Balaban J connectivity index is 2.10. The first kappa shape index (κ1) is 12.6. The Kier molecular flexibility index (Phi) is 3.38. The topological polar surface area (TPSA) is 54.7 Å². The summed E-state index contributed by atoms with van der Waals surface area (Å²) >= 11 is 0. The van der Waals surface area contributed by atoms with E-state index in [1.54, 1.807) is 0 Å². The molecule has 1 atom stereocenters. The van der Waals surface area contributed by atoms with Crippen molar-refractivity contribution in [2.75, 3.05) is 0 Å². The van der Waals surface area contributed by atoms with E-state index < -0.39 is 17.9 Å². The first-order valence-electron chi connectivity index (χ1n) is 5.38. The molecule has 6 heteroatoms. The van der Waals surface area contributed by atoms with Gasteiger partial charge in [-0.05, 0) is 12.0 Å². The molecule has 0 aliphatic heterocycles. The zero-order valence-electron chi connectivity index (χ0n) is 9.41. The number of benzene rings is 1. The Morgan fingerprint density at radius 3 is 2.44 bits per heavy atom. The lowest BCUT2D eigenvalue weighted by molar-refractivity contribution is -0.140. The second-order valence-corrected chi connectivity index (χ2v) is 3.98. The smallest absolute Gasteiger partial charge is 0.337 e. The fraction of sp³-hybridized carbons (Fsp3) is 0.250. The van der Waals surface area contributed by atoms with E-state index in [1.165, 1.54) is 0 Å². The molecule has 0 saturated heterocycles. The SMILES string of the molecule is NC(Cc1ccccc1)c1ncc(C(F)(F)F)[nH]1. The van der Waals surface area contributed by atoms with E-state index in [1.807, 2.05) is 30.3 Å². The molecule has 0 aliphatic carbocycles. The van der Waals surface area contributed by atoms with Gasteiger partial charge in [-0.1, -0.05) is 30.3 Å². The van der Waals surface area contributed by atoms with Crippen LogP contribution in [0.25, 0.3) is 0 Å². The average Bonchev–Trinajstić information content (AvgIpc) is 2.79. The van der Waals surface area contributed by atoms with Gasteiger partial charge >= 0.3 is 6.18 Å². The molecular weight excluding hydrogens is 243 g/mol. The molecule has 2 aromatic rings. The lowest BCUT2D eigenvalue weighted by Crippen LogP contribution is -2.15. The molecule has 18 heavy (non-hydrogen) atoms. The van der Waals surface area contributed by atoms with Crippen molar-refractivity contribution in [3.63, 3.8) is 0 Å². The minimum Gasteiger partial charge on any atom is -0.337 e. The van der Waals surface area contributed by atoms with Gasteiger partial charge in [0.15, 0.2) is 0 Å². The molecule has 1 aromatic carbocycles. The summed E-state index contributed by atoms with van der Waals surface area (Å²) in [5.41, 5.74) is 5.90. The van der Waals surface area contributed by atoms with Crippen LogP contribution in [0.5, 0.6) is 0 Å². The van der Waals surface area contributed by atoms with E-state index in [0.717, 1.165) is 11.8 Å². The first-order valence-corrected chi connectivity index (χ1v) is 5.38. The molecule has 0 saturated carbocycles. The summed E-state index contributed by atoms with van der Waals surface area (Å²) in [5, 5.41) is 0. The Labute approximate surface area is 102 Å². The van der Waals surface area contributed by atoms with Gasteiger partial charge in [-0.2, -0.15) is 13.2 Å². The van der Waals surface area contributed by atoms with Crippen LogP contribution in [0.1, 0.15) is 23.1 Å². The van der Waals surface area contributed by atoms with E-state index >= 15 is 0 Å². The number of halogens is 3. The summed E-state index contributed by atoms with van der Waals surface area (Å²) < 4.78 is 37.1. The summed E-state index contributed by atoms with van der Waals surface area (Å²) in [6.45, 7) is 0. The van der Waals surface area contributed by atoms with E-state index in [4.69, 9.17) is 5.73 Å². The van der Waals surface area contributed by atoms with E-state index in [-0.39, 0.29) is 5.82 Å². The number of rotatable bonds is 3. The monoisotopic (exact) mass is 255 g/mol. The molecule has 2 rings (SSSR count). The third-order valence-corrected chi connectivity index (χ3v) is 2.55. The van der Waals surface area contributed by atoms with Crippen molar-refractivity contribution >= 4 is 0 Å². The van der Waals surface area contributed by atoms with Crippen molar-refractivity contribution in [1.82, 2.24) is 9.97 Å². The molecule has 0 bridgehead atoms. The molecule has 1 unspecified atom stereocenters. The van der Waals surface area contributed by atoms with Crippen LogP contribution in [0.15, 0.2) is 36.5 Å². The minimum atomic E-state index is -4.42. The predicted molar refractivity (Wildman–Crippen MR) is 60.7 cm³/mol. The number of aromatic amines is 1. The molecule has 1 heterocycles. The van der Waals surface area contributed by atoms with Gasteiger partial charge in [-0.3, -0.25) is 0 Å². The third kappa shape index (κ3) is 2.89. The third-order valence-electron chi connectivity index (χ3n) is 2.55. The summed E-state index contributed by atoms with van der Waals surface area (Å²) in [6, 6.07) is 8.73. The Morgan fingerprint density at radius 2 is 1.89 bits per heavy atom. The quantitative estimate of drug-likeness (QED) is 0.885. The van der Waals surface area contributed by atoms with Crippen LogP contribution in [0, 0.1) is 0 Å². The van der Waals surface area contributed by atoms with Crippen LogP contribution in [0.2, 0.25) is 0 Å². The molecule has 3 N–H and O–H groups in total. The number of hydrogen-bond donors (Lipinski definition) is 2. The van der Waals surface area contributed by atoms with Crippen molar-refractivity contribution in [2.24, 2.45) is 5.73 Å². The van der Waals surface area contributed by atoms with Crippen molar-refractivity contribution in [2.45, 2.75) is 18.6 Å². The first-order chi connectivity index (χ1) is 8.47. The van der Waals surface area contributed by atoms with Crippen LogP contribution in [0.4, 0.5) is 13.2 Å². The van der Waals surface area contributed by atoms with Gasteiger partial charge in [0.25, 0.3) is 0 Å². The predicted octanol–water partition coefficient (Wildman–Crippen LogP) is 2.67. The lowest BCUT2D eigenvalue weighted by Gasteiger charge is -2.09. The van der Waals surface area contributed by atoms with Gasteiger partial charge in [0.1, 0.15) is 11.5 Å². The standard InChI is InChI=1S/C12H12F3N3/c13-12(14,15)10-7-17-11(18-10)9(16)6-8-4-2-1-3-5-8/h1-5,7,9H,6,16H2,(H,17,18). The highest BCUT2D eigenvalue weighted by Crippen LogP contribution is 2.28. The maximum atomic E-state index is 12.4. The van der Waals surface area contributed by atoms with Crippen LogP contribution < -0.4 is 5.73 Å².